The van der Waals surface area contributed by atoms with Crippen molar-refractivity contribution in [2.75, 3.05) is 7.11 Å². The second-order valence-corrected chi connectivity index (χ2v) is 5.91. The quantitative estimate of drug-likeness (QED) is 0.613. The van der Waals surface area contributed by atoms with Crippen LogP contribution in [0.15, 0.2) is 73.1 Å². The number of amides is 1. The number of hydrogen-bond donors (Lipinski definition) is 1. The average molecular weight is 343 g/mol. The van der Waals surface area contributed by atoms with Crippen LogP contribution in [0.25, 0.3) is 27.8 Å². The van der Waals surface area contributed by atoms with Crippen molar-refractivity contribution in [3.8, 4) is 22.6 Å². The number of nitrogens with two attached hydrogens (primary N) is 1. The number of benzene rings is 3. The Kier molecular flexibility index (Phi) is 3.89. The van der Waals surface area contributed by atoms with Gasteiger partial charge in [-0.25, -0.2) is 4.98 Å². The smallest absolute Gasteiger partial charge is 0.248 e. The van der Waals surface area contributed by atoms with Crippen LogP contribution in [0, 0.1) is 0 Å². The van der Waals surface area contributed by atoms with Gasteiger partial charge in [-0.2, -0.15) is 0 Å². The maximum absolute atomic E-state index is 11.4. The first-order chi connectivity index (χ1) is 12.7. The highest BCUT2D eigenvalue weighted by atomic mass is 16.5. The second-order valence-electron chi connectivity index (χ2n) is 5.91. The summed E-state index contributed by atoms with van der Waals surface area (Å²) in [6.45, 7) is 0. The van der Waals surface area contributed by atoms with Gasteiger partial charge < -0.3 is 10.5 Å². The van der Waals surface area contributed by atoms with E-state index in [2.05, 4.69) is 4.98 Å². The molecule has 0 saturated carbocycles. The molecule has 0 saturated heterocycles. The summed E-state index contributed by atoms with van der Waals surface area (Å²) >= 11 is 0. The molecule has 2 N–H and O–H groups in total. The van der Waals surface area contributed by atoms with E-state index in [0.717, 1.165) is 28.1 Å². The highest BCUT2D eigenvalue weighted by molar-refractivity contribution is 5.96. The maximum atomic E-state index is 11.4. The van der Waals surface area contributed by atoms with E-state index in [4.69, 9.17) is 10.5 Å². The number of rotatable bonds is 4. The van der Waals surface area contributed by atoms with Crippen molar-refractivity contribution in [3.63, 3.8) is 0 Å². The lowest BCUT2D eigenvalue weighted by Crippen LogP contribution is -2.10. The zero-order valence-electron chi connectivity index (χ0n) is 14.2. The van der Waals surface area contributed by atoms with Gasteiger partial charge in [-0.3, -0.25) is 9.36 Å². The largest absolute Gasteiger partial charge is 0.494 e. The van der Waals surface area contributed by atoms with Crippen molar-refractivity contribution in [1.82, 2.24) is 9.55 Å². The summed E-state index contributed by atoms with van der Waals surface area (Å²) in [6, 6.07) is 21.3. The number of aromatic nitrogens is 2. The summed E-state index contributed by atoms with van der Waals surface area (Å²) < 4.78 is 7.69. The summed E-state index contributed by atoms with van der Waals surface area (Å²) in [5, 5.41) is 0. The fraction of sp³-hybridized carbons (Fsp3) is 0.0476. The lowest BCUT2D eigenvalue weighted by atomic mass is 10.0. The van der Waals surface area contributed by atoms with Gasteiger partial charge in [0.1, 0.15) is 6.33 Å². The number of primary amides is 1. The van der Waals surface area contributed by atoms with E-state index >= 15 is 0 Å². The molecule has 0 aliphatic carbocycles. The Morgan fingerprint density at radius 3 is 2.58 bits per heavy atom. The first-order valence-electron chi connectivity index (χ1n) is 8.19. The van der Waals surface area contributed by atoms with Crippen molar-refractivity contribution < 1.29 is 9.53 Å². The number of hydrogen-bond acceptors (Lipinski definition) is 3. The molecular weight excluding hydrogens is 326 g/mol. The third-order valence-electron chi connectivity index (χ3n) is 4.37. The van der Waals surface area contributed by atoms with Crippen LogP contribution in [0.5, 0.6) is 5.75 Å². The first kappa shape index (κ1) is 15.9. The molecule has 4 rings (SSSR count). The molecule has 0 spiro atoms. The van der Waals surface area contributed by atoms with Crippen LogP contribution in [0.1, 0.15) is 10.4 Å². The number of carbonyl (C=O) groups is 1. The highest BCUT2D eigenvalue weighted by Crippen LogP contribution is 2.36. The van der Waals surface area contributed by atoms with Gasteiger partial charge in [0, 0.05) is 11.1 Å². The predicted octanol–water partition coefficient (Wildman–Crippen LogP) is 3.80. The number of fused-ring (bicyclic) bond motifs is 1. The Balaban J connectivity index is 1.91. The van der Waals surface area contributed by atoms with E-state index in [1.165, 1.54) is 0 Å². The first-order valence-corrected chi connectivity index (χ1v) is 8.19. The van der Waals surface area contributed by atoms with Gasteiger partial charge in [-0.15, -0.1) is 0 Å². The van der Waals surface area contributed by atoms with E-state index in [0.29, 0.717) is 11.1 Å². The Bertz CT molecular complexity index is 1100. The van der Waals surface area contributed by atoms with Gasteiger partial charge in [-0.1, -0.05) is 42.5 Å². The molecule has 5 nitrogen and oxygen atoms in total. The minimum Gasteiger partial charge on any atom is -0.494 e. The molecule has 5 heteroatoms. The van der Waals surface area contributed by atoms with Crippen LogP contribution in [0.3, 0.4) is 0 Å². The molecule has 3 aromatic carbocycles. The molecule has 128 valence electrons. The molecule has 0 aliphatic rings. The zero-order chi connectivity index (χ0) is 18.1. The van der Waals surface area contributed by atoms with E-state index in [1.807, 2.05) is 59.2 Å². The number of carbonyl (C=O) groups excluding carboxylic acids is 1. The number of imidazole rings is 1. The normalized spacial score (nSPS) is 10.8. The SMILES string of the molecule is COc1c(-c2ccccc2)cccc1-n1cnc2cc(C(N)=O)ccc21. The number of methoxy groups -OCH3 is 1. The van der Waals surface area contributed by atoms with Crippen molar-refractivity contribution in [2.45, 2.75) is 0 Å². The van der Waals surface area contributed by atoms with Gasteiger partial charge in [0.2, 0.25) is 5.91 Å². The van der Waals surface area contributed by atoms with Crippen LogP contribution in [-0.4, -0.2) is 22.6 Å². The van der Waals surface area contributed by atoms with Crippen LogP contribution < -0.4 is 10.5 Å². The van der Waals surface area contributed by atoms with Gasteiger partial charge in [0.25, 0.3) is 0 Å². The Hall–Kier alpha value is -3.60. The minimum atomic E-state index is -0.467. The van der Waals surface area contributed by atoms with Crippen molar-refractivity contribution in [1.29, 1.82) is 0 Å². The highest BCUT2D eigenvalue weighted by Gasteiger charge is 2.15. The molecule has 1 heterocycles. The Morgan fingerprint density at radius 2 is 1.85 bits per heavy atom. The standard InChI is InChI=1S/C21H17N3O2/c1-26-20-16(14-6-3-2-4-7-14)8-5-9-19(20)24-13-23-17-12-15(21(22)25)10-11-18(17)24/h2-13H,1H3,(H2,22,25). The van der Waals surface area contributed by atoms with Gasteiger partial charge in [0.05, 0.1) is 23.8 Å². The number of ether oxygens (including phenoxy) is 1. The van der Waals surface area contributed by atoms with Gasteiger partial charge >= 0.3 is 0 Å². The summed E-state index contributed by atoms with van der Waals surface area (Å²) in [6.07, 6.45) is 1.72. The van der Waals surface area contributed by atoms with Crippen LogP contribution in [-0.2, 0) is 0 Å². The molecule has 4 aromatic rings. The number of nitrogens with zero attached hydrogens (tertiary/aromatic N) is 2. The Morgan fingerprint density at radius 1 is 1.04 bits per heavy atom. The molecule has 1 aromatic heterocycles. The van der Waals surface area contributed by atoms with Crippen molar-refractivity contribution in [3.05, 3.63) is 78.6 Å². The number of para-hydroxylation sites is 1. The molecule has 26 heavy (non-hydrogen) atoms. The van der Waals surface area contributed by atoms with Crippen molar-refractivity contribution >= 4 is 16.9 Å². The summed E-state index contributed by atoms with van der Waals surface area (Å²) in [4.78, 5) is 15.8. The molecule has 0 radical (unpaired) electrons. The summed E-state index contributed by atoms with van der Waals surface area (Å²) in [7, 11) is 1.66. The maximum Gasteiger partial charge on any atom is 0.248 e. The predicted molar refractivity (Wildman–Crippen MR) is 102 cm³/mol. The lowest BCUT2D eigenvalue weighted by molar-refractivity contribution is 0.100. The summed E-state index contributed by atoms with van der Waals surface area (Å²) in [5.41, 5.74) is 10.3. The fourth-order valence-corrected chi connectivity index (χ4v) is 3.13. The van der Waals surface area contributed by atoms with Gasteiger partial charge in [0.15, 0.2) is 5.75 Å². The van der Waals surface area contributed by atoms with E-state index in [1.54, 1.807) is 25.6 Å². The van der Waals surface area contributed by atoms with Crippen LogP contribution in [0.4, 0.5) is 0 Å². The van der Waals surface area contributed by atoms with Crippen LogP contribution in [0.2, 0.25) is 0 Å². The summed E-state index contributed by atoms with van der Waals surface area (Å²) in [5.74, 6) is 0.294. The molecule has 0 atom stereocenters. The average Bonchev–Trinajstić information content (AvgIpc) is 3.11. The molecular formula is C21H17N3O2. The van der Waals surface area contributed by atoms with E-state index in [9.17, 15) is 4.79 Å². The Labute approximate surface area is 150 Å². The monoisotopic (exact) mass is 343 g/mol. The fourth-order valence-electron chi connectivity index (χ4n) is 3.13. The minimum absolute atomic E-state index is 0.438. The lowest BCUT2D eigenvalue weighted by Gasteiger charge is -2.15. The molecule has 0 fully saturated rings. The zero-order valence-corrected chi connectivity index (χ0v) is 14.2. The molecule has 0 unspecified atom stereocenters. The van der Waals surface area contributed by atoms with Gasteiger partial charge in [-0.05, 0) is 29.8 Å². The van der Waals surface area contributed by atoms with Crippen molar-refractivity contribution in [2.24, 2.45) is 5.73 Å². The molecule has 0 bridgehead atoms. The molecule has 1 amide bonds. The van der Waals surface area contributed by atoms with Crippen LogP contribution >= 0.6 is 0 Å². The third-order valence-corrected chi connectivity index (χ3v) is 4.37. The topological polar surface area (TPSA) is 70.1 Å². The third kappa shape index (κ3) is 2.59. The van der Waals surface area contributed by atoms with E-state index in [-0.39, 0.29) is 0 Å². The molecule has 0 aliphatic heterocycles. The van der Waals surface area contributed by atoms with E-state index < -0.39 is 5.91 Å². The second kappa shape index (κ2) is 6.37.